The summed E-state index contributed by atoms with van der Waals surface area (Å²) in [6.45, 7) is 0. The Labute approximate surface area is 144 Å². The van der Waals surface area contributed by atoms with Crippen LogP contribution in [0.3, 0.4) is 0 Å². The van der Waals surface area contributed by atoms with E-state index < -0.39 is 17.3 Å². The summed E-state index contributed by atoms with van der Waals surface area (Å²) in [7, 11) is 0. The van der Waals surface area contributed by atoms with Crippen LogP contribution in [-0.4, -0.2) is 22.9 Å². The highest BCUT2D eigenvalue weighted by Gasteiger charge is 2.45. The van der Waals surface area contributed by atoms with Gasteiger partial charge < -0.3 is 16.2 Å². The number of carbonyl (C=O) groups is 3. The Balaban J connectivity index is 1.72. The number of hydrogen-bond acceptors (Lipinski definition) is 3. The van der Waals surface area contributed by atoms with E-state index in [1.807, 2.05) is 24.3 Å². The number of carbonyl (C=O) groups excluding carboxylic acids is 2. The zero-order chi connectivity index (χ0) is 18.0. The standard InChI is InChI=1S/C19H18N2O4/c20-17(23)12-5-7-15(8-6-12)21-16(22)11-19(18(24)25)9-13-3-1-2-4-14(13)10-19/h1-8H,9-11H2,(H2,20,23)(H,21,22)(H,24,25). The second-order valence-corrected chi connectivity index (χ2v) is 6.37. The molecule has 1 aliphatic carbocycles. The van der Waals surface area contributed by atoms with Crippen molar-refractivity contribution >= 4 is 23.5 Å². The number of aliphatic carboxylic acids is 1. The summed E-state index contributed by atoms with van der Waals surface area (Å²) < 4.78 is 0. The molecule has 3 rings (SSSR count). The summed E-state index contributed by atoms with van der Waals surface area (Å²) in [5, 5.41) is 12.4. The predicted molar refractivity (Wildman–Crippen MR) is 92.1 cm³/mol. The zero-order valence-corrected chi connectivity index (χ0v) is 13.5. The van der Waals surface area contributed by atoms with E-state index in [2.05, 4.69) is 5.32 Å². The maximum absolute atomic E-state index is 12.4. The number of rotatable bonds is 5. The molecule has 1 aliphatic rings. The van der Waals surface area contributed by atoms with E-state index >= 15 is 0 Å². The first kappa shape index (κ1) is 16.7. The average Bonchev–Trinajstić information content (AvgIpc) is 2.94. The van der Waals surface area contributed by atoms with E-state index in [4.69, 9.17) is 5.73 Å². The molecular weight excluding hydrogens is 320 g/mol. The summed E-state index contributed by atoms with van der Waals surface area (Å²) in [6, 6.07) is 13.7. The van der Waals surface area contributed by atoms with E-state index in [0.29, 0.717) is 24.1 Å². The van der Waals surface area contributed by atoms with Crippen LogP contribution in [0.2, 0.25) is 0 Å². The number of anilines is 1. The van der Waals surface area contributed by atoms with Crippen LogP contribution in [-0.2, 0) is 22.4 Å². The SMILES string of the molecule is NC(=O)c1ccc(NC(=O)CC2(C(=O)O)Cc3ccccc3C2)cc1. The van der Waals surface area contributed by atoms with Crippen molar-refractivity contribution in [3.8, 4) is 0 Å². The molecule has 0 aliphatic heterocycles. The third-order valence-corrected chi connectivity index (χ3v) is 4.58. The summed E-state index contributed by atoms with van der Waals surface area (Å²) >= 11 is 0. The van der Waals surface area contributed by atoms with Crippen LogP contribution in [0.1, 0.15) is 27.9 Å². The van der Waals surface area contributed by atoms with Crippen molar-refractivity contribution in [2.24, 2.45) is 11.1 Å². The fraction of sp³-hybridized carbons (Fsp3) is 0.211. The van der Waals surface area contributed by atoms with Gasteiger partial charge in [-0.05, 0) is 48.2 Å². The van der Waals surface area contributed by atoms with Crippen LogP contribution in [0.5, 0.6) is 0 Å². The molecule has 0 saturated carbocycles. The van der Waals surface area contributed by atoms with Crippen LogP contribution in [0.15, 0.2) is 48.5 Å². The van der Waals surface area contributed by atoms with Crippen LogP contribution in [0.25, 0.3) is 0 Å². The normalized spacial score (nSPS) is 14.6. The lowest BCUT2D eigenvalue weighted by molar-refractivity contribution is -0.150. The quantitative estimate of drug-likeness (QED) is 0.774. The molecule has 2 aromatic carbocycles. The molecule has 0 fully saturated rings. The average molecular weight is 338 g/mol. The third kappa shape index (κ3) is 3.38. The van der Waals surface area contributed by atoms with Gasteiger partial charge in [0.1, 0.15) is 0 Å². The Bertz CT molecular complexity index is 818. The van der Waals surface area contributed by atoms with Crippen LogP contribution in [0, 0.1) is 5.41 Å². The van der Waals surface area contributed by atoms with E-state index in [1.165, 1.54) is 12.1 Å². The van der Waals surface area contributed by atoms with Crippen LogP contribution < -0.4 is 11.1 Å². The van der Waals surface area contributed by atoms with Gasteiger partial charge in [-0.15, -0.1) is 0 Å². The zero-order valence-electron chi connectivity index (χ0n) is 13.5. The number of carboxylic acids is 1. The first-order chi connectivity index (χ1) is 11.9. The van der Waals surface area contributed by atoms with Crippen LogP contribution in [0.4, 0.5) is 5.69 Å². The third-order valence-electron chi connectivity index (χ3n) is 4.58. The maximum Gasteiger partial charge on any atom is 0.310 e. The molecule has 0 unspecified atom stereocenters. The number of primary amides is 1. The first-order valence-electron chi connectivity index (χ1n) is 7.89. The monoisotopic (exact) mass is 338 g/mol. The van der Waals surface area contributed by atoms with Crippen molar-refractivity contribution in [3.05, 3.63) is 65.2 Å². The summed E-state index contributed by atoms with van der Waals surface area (Å²) in [6.07, 6.45) is 0.563. The minimum Gasteiger partial charge on any atom is -0.481 e. The van der Waals surface area contributed by atoms with Gasteiger partial charge in [-0.3, -0.25) is 14.4 Å². The predicted octanol–water partition coefficient (Wildman–Crippen LogP) is 1.98. The minimum absolute atomic E-state index is 0.116. The van der Waals surface area contributed by atoms with Gasteiger partial charge in [0.05, 0.1) is 5.41 Å². The van der Waals surface area contributed by atoms with Gasteiger partial charge in [0.25, 0.3) is 0 Å². The second-order valence-electron chi connectivity index (χ2n) is 6.37. The first-order valence-corrected chi connectivity index (χ1v) is 7.89. The van der Waals surface area contributed by atoms with E-state index in [0.717, 1.165) is 11.1 Å². The van der Waals surface area contributed by atoms with Crippen LogP contribution >= 0.6 is 0 Å². The molecule has 25 heavy (non-hydrogen) atoms. The fourth-order valence-corrected chi connectivity index (χ4v) is 3.28. The van der Waals surface area contributed by atoms with E-state index in [9.17, 15) is 19.5 Å². The Morgan fingerprint density at radius 1 is 1.00 bits per heavy atom. The molecule has 0 saturated heterocycles. The molecule has 128 valence electrons. The van der Waals surface area contributed by atoms with Gasteiger partial charge in [0.2, 0.25) is 11.8 Å². The molecule has 0 aromatic heterocycles. The van der Waals surface area contributed by atoms with Gasteiger partial charge in [-0.2, -0.15) is 0 Å². The molecule has 0 heterocycles. The molecule has 2 aromatic rings. The topological polar surface area (TPSA) is 109 Å². The van der Waals surface area contributed by atoms with Gasteiger partial charge in [0, 0.05) is 17.7 Å². The number of nitrogens with one attached hydrogen (secondary N) is 1. The van der Waals surface area contributed by atoms with E-state index in [-0.39, 0.29) is 12.3 Å². The number of benzene rings is 2. The minimum atomic E-state index is -1.12. The van der Waals surface area contributed by atoms with Gasteiger partial charge in [-0.1, -0.05) is 24.3 Å². The molecule has 6 nitrogen and oxygen atoms in total. The van der Waals surface area contributed by atoms with Gasteiger partial charge in [-0.25, -0.2) is 0 Å². The summed E-state index contributed by atoms with van der Waals surface area (Å²) in [5.74, 6) is -1.89. The molecule has 0 atom stereocenters. The Hall–Kier alpha value is -3.15. The smallest absolute Gasteiger partial charge is 0.310 e. The largest absolute Gasteiger partial charge is 0.481 e. The summed E-state index contributed by atoms with van der Waals surface area (Å²) in [4.78, 5) is 35.3. The lowest BCUT2D eigenvalue weighted by Crippen LogP contribution is -2.36. The molecule has 4 N–H and O–H groups in total. The Kier molecular flexibility index (Phi) is 4.27. The number of fused-ring (bicyclic) bond motifs is 1. The van der Waals surface area contributed by atoms with Gasteiger partial charge in [0.15, 0.2) is 0 Å². The highest BCUT2D eigenvalue weighted by atomic mass is 16.4. The second kappa shape index (κ2) is 6.39. The van der Waals surface area contributed by atoms with Crippen molar-refractivity contribution in [1.29, 1.82) is 0 Å². The molecular formula is C19H18N2O4. The highest BCUT2D eigenvalue weighted by Crippen LogP contribution is 2.40. The van der Waals surface area contributed by atoms with Gasteiger partial charge >= 0.3 is 5.97 Å². The Morgan fingerprint density at radius 2 is 1.56 bits per heavy atom. The fourth-order valence-electron chi connectivity index (χ4n) is 3.28. The summed E-state index contributed by atoms with van der Waals surface area (Å²) in [5.41, 5.74) is 6.83. The molecule has 6 heteroatoms. The number of hydrogen-bond donors (Lipinski definition) is 3. The molecule has 0 spiro atoms. The number of carboxylic acid groups (broad SMARTS) is 1. The molecule has 0 bridgehead atoms. The lowest BCUT2D eigenvalue weighted by atomic mass is 9.81. The van der Waals surface area contributed by atoms with Crippen molar-refractivity contribution in [2.45, 2.75) is 19.3 Å². The van der Waals surface area contributed by atoms with E-state index in [1.54, 1.807) is 12.1 Å². The highest BCUT2D eigenvalue weighted by molar-refractivity contribution is 5.96. The molecule has 0 radical (unpaired) electrons. The van der Waals surface area contributed by atoms with Crippen molar-refractivity contribution in [1.82, 2.24) is 0 Å². The lowest BCUT2D eigenvalue weighted by Gasteiger charge is -2.23. The molecule has 2 amide bonds. The van der Waals surface area contributed by atoms with Crippen molar-refractivity contribution in [3.63, 3.8) is 0 Å². The maximum atomic E-state index is 12.4. The van der Waals surface area contributed by atoms with Crippen molar-refractivity contribution < 1.29 is 19.5 Å². The Morgan fingerprint density at radius 3 is 2.04 bits per heavy atom. The van der Waals surface area contributed by atoms with Crippen molar-refractivity contribution in [2.75, 3.05) is 5.32 Å². The number of nitrogens with two attached hydrogens (primary N) is 1. The number of amides is 2.